The van der Waals surface area contributed by atoms with E-state index in [4.69, 9.17) is 16.2 Å². The fraction of sp³-hybridized carbons (Fsp3) is 0.462. The van der Waals surface area contributed by atoms with Crippen molar-refractivity contribution in [2.45, 2.75) is 31.2 Å². The fourth-order valence-electron chi connectivity index (χ4n) is 2.01. The van der Waals surface area contributed by atoms with Gasteiger partial charge in [-0.15, -0.1) is 12.4 Å². The van der Waals surface area contributed by atoms with Crippen molar-refractivity contribution in [3.8, 4) is 0 Å². The Kier molecular flexibility index (Phi) is 4.51. The Balaban J connectivity index is 0.00000220. The first-order valence-corrected chi connectivity index (χ1v) is 6.01. The lowest BCUT2D eigenvalue weighted by Gasteiger charge is -2.40. The van der Waals surface area contributed by atoms with Crippen LogP contribution in [0.2, 0.25) is 0 Å². The summed E-state index contributed by atoms with van der Waals surface area (Å²) in [6.45, 7) is 2.31. The highest BCUT2D eigenvalue weighted by Gasteiger charge is 2.58. The summed E-state index contributed by atoms with van der Waals surface area (Å²) in [4.78, 5) is 4.04. The molecule has 0 amide bonds. The molecule has 21 heavy (non-hydrogen) atoms. The Bertz CT molecular complexity index is 564. The van der Waals surface area contributed by atoms with E-state index in [2.05, 4.69) is 4.99 Å². The number of halogens is 4. The molecular formula is C13H17ClF3N3O. The van der Waals surface area contributed by atoms with Gasteiger partial charge in [0.15, 0.2) is 0 Å². The lowest BCUT2D eigenvalue weighted by Crippen LogP contribution is -2.60. The molecule has 4 N–H and O–H groups in total. The maximum Gasteiger partial charge on any atom is 0.424 e. The number of benzene rings is 1. The van der Waals surface area contributed by atoms with Gasteiger partial charge in [0.25, 0.3) is 0 Å². The fourth-order valence-corrected chi connectivity index (χ4v) is 2.01. The summed E-state index contributed by atoms with van der Waals surface area (Å²) in [6, 6.07) is 6.77. The van der Waals surface area contributed by atoms with E-state index in [-0.39, 0.29) is 19.0 Å². The van der Waals surface area contributed by atoms with Crippen LogP contribution in [0.1, 0.15) is 19.4 Å². The average molecular weight is 324 g/mol. The lowest BCUT2D eigenvalue weighted by molar-refractivity contribution is -0.249. The van der Waals surface area contributed by atoms with E-state index in [0.717, 1.165) is 6.92 Å². The highest BCUT2D eigenvalue weighted by molar-refractivity contribution is 5.90. The molecule has 0 fully saturated rings. The van der Waals surface area contributed by atoms with Crippen molar-refractivity contribution in [2.75, 3.05) is 12.3 Å². The van der Waals surface area contributed by atoms with Crippen molar-refractivity contribution in [3.63, 3.8) is 0 Å². The van der Waals surface area contributed by atoms with E-state index in [1.165, 1.54) is 0 Å². The Hall–Kier alpha value is -1.47. The number of amidine groups is 1. The van der Waals surface area contributed by atoms with Crippen LogP contribution in [-0.2, 0) is 10.3 Å². The molecule has 0 unspecified atom stereocenters. The molecule has 4 nitrogen and oxygen atoms in total. The number of hydrogen-bond donors (Lipinski definition) is 2. The molecule has 1 aliphatic heterocycles. The highest BCUT2D eigenvalue weighted by Crippen LogP contribution is 2.40. The quantitative estimate of drug-likeness (QED) is 0.780. The van der Waals surface area contributed by atoms with Crippen molar-refractivity contribution in [3.05, 3.63) is 29.8 Å². The maximum atomic E-state index is 13.0. The van der Waals surface area contributed by atoms with Gasteiger partial charge in [0.05, 0.1) is 6.61 Å². The molecule has 1 aromatic carbocycles. The maximum absolute atomic E-state index is 13.0. The molecule has 0 saturated carbocycles. The number of aliphatic imine (C=N–C) groups is 1. The first kappa shape index (κ1) is 17.6. The molecule has 0 spiro atoms. The number of hydrogen-bond acceptors (Lipinski definition) is 4. The van der Waals surface area contributed by atoms with Gasteiger partial charge in [-0.3, -0.25) is 4.99 Å². The SMILES string of the molecule is C[C@@]1(c2cccc(N)c2)CO[C@@](C)(C(F)(F)F)C(N)=N1.Cl. The van der Waals surface area contributed by atoms with Gasteiger partial charge in [-0.25, -0.2) is 0 Å². The van der Waals surface area contributed by atoms with Crippen molar-refractivity contribution in [2.24, 2.45) is 10.7 Å². The predicted octanol–water partition coefficient (Wildman–Crippen LogP) is 2.61. The third kappa shape index (κ3) is 2.94. The number of alkyl halides is 3. The van der Waals surface area contributed by atoms with Gasteiger partial charge in [-0.1, -0.05) is 12.1 Å². The monoisotopic (exact) mass is 323 g/mol. The normalized spacial score (nSPS) is 29.5. The second-order valence-corrected chi connectivity index (χ2v) is 5.22. The van der Waals surface area contributed by atoms with Crippen LogP contribution in [0.3, 0.4) is 0 Å². The Morgan fingerprint density at radius 3 is 2.33 bits per heavy atom. The molecule has 1 heterocycles. The van der Waals surface area contributed by atoms with E-state index < -0.39 is 23.2 Å². The predicted molar refractivity (Wildman–Crippen MR) is 77.5 cm³/mol. The third-order valence-electron chi connectivity index (χ3n) is 3.55. The van der Waals surface area contributed by atoms with Crippen molar-refractivity contribution < 1.29 is 17.9 Å². The van der Waals surface area contributed by atoms with Crippen LogP contribution in [0.15, 0.2) is 29.3 Å². The van der Waals surface area contributed by atoms with E-state index in [9.17, 15) is 13.2 Å². The second kappa shape index (κ2) is 5.38. The first-order chi connectivity index (χ1) is 9.08. The lowest BCUT2D eigenvalue weighted by atomic mass is 9.90. The number of rotatable bonds is 1. The minimum atomic E-state index is -4.61. The van der Waals surface area contributed by atoms with Crippen LogP contribution in [0.4, 0.5) is 18.9 Å². The van der Waals surface area contributed by atoms with E-state index in [0.29, 0.717) is 11.3 Å². The largest absolute Gasteiger partial charge is 0.424 e. The van der Waals surface area contributed by atoms with Gasteiger partial charge >= 0.3 is 6.18 Å². The molecule has 2 atom stereocenters. The molecule has 1 aromatic rings. The molecule has 2 rings (SSSR count). The van der Waals surface area contributed by atoms with E-state index in [1.807, 2.05) is 0 Å². The minimum absolute atomic E-state index is 0. The third-order valence-corrected chi connectivity index (χ3v) is 3.55. The van der Waals surface area contributed by atoms with Crippen molar-refractivity contribution in [1.29, 1.82) is 0 Å². The summed E-state index contributed by atoms with van der Waals surface area (Å²) in [5.41, 5.74) is 8.83. The minimum Gasteiger partial charge on any atom is -0.399 e. The molecule has 118 valence electrons. The zero-order valence-corrected chi connectivity index (χ0v) is 12.4. The van der Waals surface area contributed by atoms with Crippen molar-refractivity contribution >= 4 is 23.9 Å². The van der Waals surface area contributed by atoms with Gasteiger partial charge in [-0.05, 0) is 31.5 Å². The number of nitrogens with zero attached hydrogens (tertiary/aromatic N) is 1. The van der Waals surface area contributed by atoms with E-state index in [1.54, 1.807) is 31.2 Å². The summed E-state index contributed by atoms with van der Waals surface area (Å²) in [5.74, 6) is -0.582. The summed E-state index contributed by atoms with van der Waals surface area (Å²) < 4.78 is 44.0. The van der Waals surface area contributed by atoms with Crippen LogP contribution in [-0.4, -0.2) is 24.2 Å². The Morgan fingerprint density at radius 1 is 1.24 bits per heavy atom. The molecular weight excluding hydrogens is 307 g/mol. The van der Waals surface area contributed by atoms with Crippen LogP contribution in [0.5, 0.6) is 0 Å². The number of ether oxygens (including phenoxy) is 1. The van der Waals surface area contributed by atoms with Crippen LogP contribution >= 0.6 is 12.4 Å². The van der Waals surface area contributed by atoms with Crippen LogP contribution in [0.25, 0.3) is 0 Å². The second-order valence-electron chi connectivity index (χ2n) is 5.22. The van der Waals surface area contributed by atoms with Crippen LogP contribution < -0.4 is 11.5 Å². The highest BCUT2D eigenvalue weighted by atomic mass is 35.5. The molecule has 0 aliphatic carbocycles. The average Bonchev–Trinajstić information content (AvgIpc) is 2.33. The van der Waals surface area contributed by atoms with Gasteiger partial charge in [0, 0.05) is 5.69 Å². The first-order valence-electron chi connectivity index (χ1n) is 6.01. The topological polar surface area (TPSA) is 73.6 Å². The summed E-state index contributed by atoms with van der Waals surface area (Å²) in [7, 11) is 0. The zero-order chi connectivity index (χ0) is 15.2. The standard InChI is InChI=1S/C13H16F3N3O.ClH/c1-11(8-4-3-5-9(17)6-8)7-20-12(2,10(18)19-11)13(14,15)16;/h3-6H,7,17H2,1-2H3,(H2,18,19);1H/t11-,12+;/m0./s1. The molecule has 1 aliphatic rings. The molecule has 8 heteroatoms. The number of anilines is 1. The summed E-state index contributed by atoms with van der Waals surface area (Å²) >= 11 is 0. The Labute approximate surface area is 126 Å². The number of nitrogens with two attached hydrogens (primary N) is 2. The Morgan fingerprint density at radius 2 is 1.86 bits per heavy atom. The van der Waals surface area contributed by atoms with Crippen LogP contribution in [0, 0.1) is 0 Å². The molecule has 0 aromatic heterocycles. The van der Waals surface area contributed by atoms with E-state index >= 15 is 0 Å². The number of nitrogen functional groups attached to an aromatic ring is 1. The smallest absolute Gasteiger partial charge is 0.399 e. The van der Waals surface area contributed by atoms with Gasteiger partial charge in [0.2, 0.25) is 5.60 Å². The van der Waals surface area contributed by atoms with Crippen molar-refractivity contribution in [1.82, 2.24) is 0 Å². The van der Waals surface area contributed by atoms with Gasteiger partial charge in [0.1, 0.15) is 11.4 Å². The molecule has 0 bridgehead atoms. The molecule has 0 radical (unpaired) electrons. The molecule has 0 saturated heterocycles. The van der Waals surface area contributed by atoms with Gasteiger partial charge in [-0.2, -0.15) is 13.2 Å². The van der Waals surface area contributed by atoms with Gasteiger partial charge < -0.3 is 16.2 Å². The summed E-state index contributed by atoms with van der Waals surface area (Å²) in [5, 5.41) is 0. The summed E-state index contributed by atoms with van der Waals surface area (Å²) in [6.07, 6.45) is -4.61. The zero-order valence-electron chi connectivity index (χ0n) is 11.6.